The SMILES string of the molecule is CC/C=C\C/C=C\C/C=C\CCCCCCCC(=O)OC[C@H](COP(=O)(O)OC[C@@H](O)CO)OC(=O)CCC/C=C\C/C=C\CC1OC1C/C=C\CCCCC. The fourth-order valence-electron chi connectivity index (χ4n) is 5.39. The number of unbranched alkanes of at least 4 members (excludes halogenated alkanes) is 9. The van der Waals surface area contributed by atoms with Crippen LogP contribution in [0.2, 0.25) is 0 Å². The van der Waals surface area contributed by atoms with E-state index in [0.717, 1.165) is 77.0 Å². The molecule has 0 aromatic carbocycles. The van der Waals surface area contributed by atoms with E-state index in [1.807, 2.05) is 12.2 Å². The summed E-state index contributed by atoms with van der Waals surface area (Å²) in [7, 11) is -4.64. The molecule has 1 aliphatic rings. The molecule has 3 unspecified atom stereocenters. The highest BCUT2D eigenvalue weighted by atomic mass is 31.2. The van der Waals surface area contributed by atoms with Crippen LogP contribution >= 0.6 is 7.82 Å². The fraction of sp³-hybridized carbons (Fsp3) is 0.682. The van der Waals surface area contributed by atoms with Crippen molar-refractivity contribution in [3.8, 4) is 0 Å². The van der Waals surface area contributed by atoms with Crippen molar-refractivity contribution in [1.82, 2.24) is 0 Å². The predicted molar refractivity (Wildman–Crippen MR) is 223 cm³/mol. The summed E-state index contributed by atoms with van der Waals surface area (Å²) in [5.74, 6) is -1.02. The zero-order valence-electron chi connectivity index (χ0n) is 34.3. The van der Waals surface area contributed by atoms with Gasteiger partial charge in [-0.2, -0.15) is 0 Å². The highest BCUT2D eigenvalue weighted by molar-refractivity contribution is 7.47. The van der Waals surface area contributed by atoms with Crippen LogP contribution in [0.5, 0.6) is 0 Å². The van der Waals surface area contributed by atoms with Crippen molar-refractivity contribution in [1.29, 1.82) is 0 Å². The Morgan fingerprint density at radius 1 is 0.643 bits per heavy atom. The summed E-state index contributed by atoms with van der Waals surface area (Å²) >= 11 is 0. The minimum atomic E-state index is -4.64. The molecule has 1 aliphatic heterocycles. The van der Waals surface area contributed by atoms with Gasteiger partial charge in [-0.3, -0.25) is 18.6 Å². The average molecular weight is 809 g/mol. The van der Waals surface area contributed by atoms with Crippen LogP contribution in [0.25, 0.3) is 0 Å². The van der Waals surface area contributed by atoms with Crippen molar-refractivity contribution >= 4 is 19.8 Å². The van der Waals surface area contributed by atoms with Crippen LogP contribution in [0.1, 0.15) is 142 Å². The van der Waals surface area contributed by atoms with Crippen LogP contribution < -0.4 is 0 Å². The third-order valence-corrected chi connectivity index (χ3v) is 9.70. The Balaban J connectivity index is 2.33. The van der Waals surface area contributed by atoms with Crippen molar-refractivity contribution in [2.45, 2.75) is 167 Å². The summed E-state index contributed by atoms with van der Waals surface area (Å²) < 4.78 is 38.4. The third kappa shape index (κ3) is 32.5. The molecule has 0 aliphatic carbocycles. The second-order valence-corrected chi connectivity index (χ2v) is 15.5. The van der Waals surface area contributed by atoms with Crippen LogP contribution in [0.3, 0.4) is 0 Å². The minimum absolute atomic E-state index is 0.0951. The van der Waals surface area contributed by atoms with Crippen molar-refractivity contribution < 1.29 is 52.5 Å². The number of rotatable bonds is 37. The molecule has 0 aromatic rings. The van der Waals surface area contributed by atoms with Gasteiger partial charge in [-0.05, 0) is 83.5 Å². The molecule has 12 heteroatoms. The third-order valence-electron chi connectivity index (χ3n) is 8.75. The molecule has 0 aromatic heterocycles. The van der Waals surface area contributed by atoms with Gasteiger partial charge in [0.2, 0.25) is 0 Å². The van der Waals surface area contributed by atoms with E-state index in [0.29, 0.717) is 31.5 Å². The van der Waals surface area contributed by atoms with E-state index in [4.69, 9.17) is 23.8 Å². The smallest absolute Gasteiger partial charge is 0.462 e. The van der Waals surface area contributed by atoms with Gasteiger partial charge in [-0.25, -0.2) is 4.57 Å². The van der Waals surface area contributed by atoms with E-state index >= 15 is 0 Å². The van der Waals surface area contributed by atoms with E-state index < -0.39 is 51.8 Å². The number of hydrogen-bond acceptors (Lipinski definition) is 10. The first-order chi connectivity index (χ1) is 27.2. The fourth-order valence-corrected chi connectivity index (χ4v) is 6.18. The Hall–Kier alpha value is -2.63. The summed E-state index contributed by atoms with van der Waals surface area (Å²) in [5, 5.41) is 18.3. The highest BCUT2D eigenvalue weighted by Gasteiger charge is 2.36. The first kappa shape index (κ1) is 51.4. The number of esters is 2. The lowest BCUT2D eigenvalue weighted by Crippen LogP contribution is -2.29. The van der Waals surface area contributed by atoms with Crippen LogP contribution in [-0.4, -0.2) is 77.9 Å². The van der Waals surface area contributed by atoms with Gasteiger partial charge in [0.15, 0.2) is 6.10 Å². The molecule has 0 spiro atoms. The van der Waals surface area contributed by atoms with Gasteiger partial charge >= 0.3 is 19.8 Å². The van der Waals surface area contributed by atoms with Crippen LogP contribution in [-0.2, 0) is 37.4 Å². The van der Waals surface area contributed by atoms with Gasteiger partial charge < -0.3 is 29.3 Å². The van der Waals surface area contributed by atoms with Crippen molar-refractivity contribution in [2.24, 2.45) is 0 Å². The van der Waals surface area contributed by atoms with E-state index in [-0.39, 0.29) is 19.4 Å². The molecular weight excluding hydrogens is 735 g/mol. The molecule has 0 saturated carbocycles. The number of epoxide rings is 1. The average Bonchev–Trinajstić information content (AvgIpc) is 3.94. The second kappa shape index (κ2) is 35.5. The number of phosphoric acid groups is 1. The zero-order chi connectivity index (χ0) is 41.0. The number of hydrogen-bond donors (Lipinski definition) is 3. The Morgan fingerprint density at radius 3 is 1.82 bits per heavy atom. The normalized spacial score (nSPS) is 18.2. The highest BCUT2D eigenvalue weighted by Crippen LogP contribution is 2.43. The van der Waals surface area contributed by atoms with E-state index in [1.54, 1.807) is 0 Å². The molecular formula is C44H73O11P. The maximum Gasteiger partial charge on any atom is 0.472 e. The molecule has 1 heterocycles. The maximum atomic E-state index is 12.6. The molecule has 320 valence electrons. The van der Waals surface area contributed by atoms with Crippen LogP contribution in [0.4, 0.5) is 0 Å². The van der Waals surface area contributed by atoms with E-state index in [2.05, 4.69) is 79.1 Å². The Bertz CT molecular complexity index is 1230. The number of aliphatic hydroxyl groups is 2. The molecule has 11 nitrogen and oxygen atoms in total. The number of ether oxygens (including phenoxy) is 3. The van der Waals surface area contributed by atoms with Crippen molar-refractivity contribution in [3.05, 3.63) is 72.9 Å². The molecule has 1 saturated heterocycles. The lowest BCUT2D eigenvalue weighted by molar-refractivity contribution is -0.161. The summed E-state index contributed by atoms with van der Waals surface area (Å²) in [6.45, 7) is 2.12. The summed E-state index contributed by atoms with van der Waals surface area (Å²) in [6.07, 6.45) is 41.9. The van der Waals surface area contributed by atoms with Gasteiger partial charge in [0, 0.05) is 12.8 Å². The summed E-state index contributed by atoms with van der Waals surface area (Å²) in [4.78, 5) is 35.0. The van der Waals surface area contributed by atoms with Gasteiger partial charge in [0.05, 0.1) is 32.0 Å². The predicted octanol–water partition coefficient (Wildman–Crippen LogP) is 9.87. The van der Waals surface area contributed by atoms with E-state index in [1.165, 1.54) is 19.3 Å². The van der Waals surface area contributed by atoms with Gasteiger partial charge in [0.1, 0.15) is 12.7 Å². The molecule has 3 N–H and O–H groups in total. The summed E-state index contributed by atoms with van der Waals surface area (Å²) in [6, 6.07) is 0. The largest absolute Gasteiger partial charge is 0.472 e. The van der Waals surface area contributed by atoms with Gasteiger partial charge in [0.25, 0.3) is 0 Å². The Kier molecular flexibility index (Phi) is 32.6. The van der Waals surface area contributed by atoms with Crippen molar-refractivity contribution in [2.75, 3.05) is 26.4 Å². The number of carbonyl (C=O) groups excluding carboxylic acids is 2. The summed E-state index contributed by atoms with van der Waals surface area (Å²) in [5.41, 5.74) is 0. The molecule has 1 rings (SSSR count). The number of carbonyl (C=O) groups is 2. The van der Waals surface area contributed by atoms with Crippen LogP contribution in [0.15, 0.2) is 72.9 Å². The maximum absolute atomic E-state index is 12.6. The monoisotopic (exact) mass is 808 g/mol. The lowest BCUT2D eigenvalue weighted by Gasteiger charge is -2.20. The van der Waals surface area contributed by atoms with Gasteiger partial charge in [-0.1, -0.05) is 119 Å². The Morgan fingerprint density at radius 2 is 1.16 bits per heavy atom. The van der Waals surface area contributed by atoms with E-state index in [9.17, 15) is 24.2 Å². The minimum Gasteiger partial charge on any atom is -0.462 e. The number of allylic oxidation sites excluding steroid dienone is 10. The van der Waals surface area contributed by atoms with Crippen molar-refractivity contribution in [3.63, 3.8) is 0 Å². The molecule has 0 bridgehead atoms. The quantitative estimate of drug-likeness (QED) is 0.0180. The first-order valence-corrected chi connectivity index (χ1v) is 22.5. The van der Waals surface area contributed by atoms with Crippen LogP contribution in [0, 0.1) is 0 Å². The second-order valence-electron chi connectivity index (χ2n) is 14.0. The molecule has 0 radical (unpaired) electrons. The zero-order valence-corrected chi connectivity index (χ0v) is 35.2. The van der Waals surface area contributed by atoms with Gasteiger partial charge in [-0.15, -0.1) is 0 Å². The number of phosphoric ester groups is 1. The molecule has 5 atom stereocenters. The lowest BCUT2D eigenvalue weighted by atomic mass is 10.1. The molecule has 1 fully saturated rings. The number of aliphatic hydroxyl groups excluding tert-OH is 2. The topological polar surface area (TPSA) is 161 Å². The Labute approximate surface area is 337 Å². The first-order valence-electron chi connectivity index (χ1n) is 21.0. The molecule has 56 heavy (non-hydrogen) atoms. The molecule has 0 amide bonds. The standard InChI is InChI=1S/C44H73O11P/c1-3-5-7-9-11-12-13-14-15-16-17-18-21-25-29-33-43(47)51-37-40(38-53-56(49,50)52-36-39(46)35-45)54-44(48)34-30-26-22-19-20-24-28-32-42-41(55-42)31-27-23-10-8-6-4-2/h5,7,11-12,14-15,19,22-24,27-28,39-42,45-46H,3-4,6,8-10,13,16-18,20-21,25-26,29-38H2,1-2H3,(H,49,50)/b7-5-,12-11-,15-14-,22-19-,27-23-,28-24-/t39-,40+,41?,42?/m0/s1.